The molecule has 0 spiro atoms. The van der Waals surface area contributed by atoms with Crippen LogP contribution in [0.25, 0.3) is 0 Å². The number of amides is 2. The number of nitrogens with zero attached hydrogens (tertiary/aromatic N) is 1. The van der Waals surface area contributed by atoms with Gasteiger partial charge >= 0.3 is 6.36 Å². The van der Waals surface area contributed by atoms with Gasteiger partial charge in [0, 0.05) is 30.2 Å². The number of ether oxygens (including phenoxy) is 1. The zero-order valence-corrected chi connectivity index (χ0v) is 16.1. The highest BCUT2D eigenvalue weighted by Crippen LogP contribution is 2.22. The van der Waals surface area contributed by atoms with E-state index >= 15 is 0 Å². The SMILES string of the molecule is O=C(NCCc1ccc(OC(F)(F)F)cc1)c1cccc(NC(=O)c2cccnc2)c1. The second kappa shape index (κ2) is 9.75. The van der Waals surface area contributed by atoms with Crippen LogP contribution in [0, 0.1) is 0 Å². The highest BCUT2D eigenvalue weighted by molar-refractivity contribution is 6.04. The molecule has 0 atom stereocenters. The molecular weight excluding hydrogens is 411 g/mol. The molecule has 0 unspecified atom stereocenters. The highest BCUT2D eigenvalue weighted by Gasteiger charge is 2.30. The molecule has 2 N–H and O–H groups in total. The quantitative estimate of drug-likeness (QED) is 0.590. The van der Waals surface area contributed by atoms with E-state index in [1.54, 1.807) is 42.6 Å². The van der Waals surface area contributed by atoms with Crippen LogP contribution in [0.1, 0.15) is 26.3 Å². The summed E-state index contributed by atoms with van der Waals surface area (Å²) < 4.78 is 40.4. The van der Waals surface area contributed by atoms with Crippen molar-refractivity contribution in [2.45, 2.75) is 12.8 Å². The Morgan fingerprint density at radius 3 is 2.35 bits per heavy atom. The first-order valence-corrected chi connectivity index (χ1v) is 9.24. The van der Waals surface area contributed by atoms with Crippen molar-refractivity contribution in [2.24, 2.45) is 0 Å². The van der Waals surface area contributed by atoms with Crippen molar-refractivity contribution in [3.8, 4) is 5.75 Å². The summed E-state index contributed by atoms with van der Waals surface area (Å²) in [4.78, 5) is 28.5. The summed E-state index contributed by atoms with van der Waals surface area (Å²) in [6, 6.07) is 15.2. The van der Waals surface area contributed by atoms with E-state index in [2.05, 4.69) is 20.4 Å². The lowest BCUT2D eigenvalue weighted by Gasteiger charge is -2.10. The van der Waals surface area contributed by atoms with E-state index in [0.29, 0.717) is 23.2 Å². The lowest BCUT2D eigenvalue weighted by Crippen LogP contribution is -2.25. The minimum atomic E-state index is -4.73. The lowest BCUT2D eigenvalue weighted by molar-refractivity contribution is -0.274. The third-order valence-electron chi connectivity index (χ3n) is 4.16. The van der Waals surface area contributed by atoms with Crippen LogP contribution in [-0.2, 0) is 6.42 Å². The van der Waals surface area contributed by atoms with Crippen LogP contribution in [-0.4, -0.2) is 29.7 Å². The molecule has 0 aliphatic heterocycles. The molecule has 31 heavy (non-hydrogen) atoms. The second-order valence-electron chi connectivity index (χ2n) is 6.47. The van der Waals surface area contributed by atoms with Gasteiger partial charge in [0.1, 0.15) is 5.75 Å². The number of nitrogens with one attached hydrogen (secondary N) is 2. The van der Waals surface area contributed by atoms with Crippen molar-refractivity contribution in [1.29, 1.82) is 0 Å². The molecule has 3 rings (SSSR count). The summed E-state index contributed by atoms with van der Waals surface area (Å²) in [6.45, 7) is 0.282. The van der Waals surface area contributed by atoms with Crippen molar-refractivity contribution in [2.75, 3.05) is 11.9 Å². The van der Waals surface area contributed by atoms with E-state index in [-0.39, 0.29) is 24.1 Å². The maximum atomic E-state index is 12.4. The second-order valence-corrected chi connectivity index (χ2v) is 6.47. The topological polar surface area (TPSA) is 80.3 Å². The molecule has 0 radical (unpaired) electrons. The molecule has 2 amide bonds. The van der Waals surface area contributed by atoms with Gasteiger partial charge in [0.15, 0.2) is 0 Å². The van der Waals surface area contributed by atoms with Crippen LogP contribution in [0.4, 0.5) is 18.9 Å². The van der Waals surface area contributed by atoms with Gasteiger partial charge in [-0.1, -0.05) is 18.2 Å². The summed E-state index contributed by atoms with van der Waals surface area (Å²) in [7, 11) is 0. The fourth-order valence-electron chi connectivity index (χ4n) is 2.72. The van der Waals surface area contributed by atoms with E-state index < -0.39 is 6.36 Å². The van der Waals surface area contributed by atoms with E-state index in [1.807, 2.05) is 0 Å². The van der Waals surface area contributed by atoms with Gasteiger partial charge in [0.25, 0.3) is 11.8 Å². The van der Waals surface area contributed by atoms with E-state index in [9.17, 15) is 22.8 Å². The summed E-state index contributed by atoms with van der Waals surface area (Å²) in [5.41, 5.74) is 1.95. The largest absolute Gasteiger partial charge is 0.573 e. The molecule has 6 nitrogen and oxygen atoms in total. The number of hydrogen-bond donors (Lipinski definition) is 2. The molecule has 0 saturated heterocycles. The van der Waals surface area contributed by atoms with Gasteiger partial charge in [0.2, 0.25) is 0 Å². The smallest absolute Gasteiger partial charge is 0.406 e. The van der Waals surface area contributed by atoms with Crippen LogP contribution >= 0.6 is 0 Å². The Morgan fingerprint density at radius 1 is 0.935 bits per heavy atom. The Bertz CT molecular complexity index is 1040. The number of rotatable bonds is 7. The van der Waals surface area contributed by atoms with E-state index in [1.165, 1.54) is 30.5 Å². The van der Waals surface area contributed by atoms with Crippen LogP contribution in [0.5, 0.6) is 5.75 Å². The third-order valence-corrected chi connectivity index (χ3v) is 4.16. The number of carbonyl (C=O) groups excluding carboxylic acids is 2. The molecule has 0 saturated carbocycles. The minimum Gasteiger partial charge on any atom is -0.406 e. The van der Waals surface area contributed by atoms with Gasteiger partial charge in [-0.05, 0) is 54.4 Å². The predicted molar refractivity (Wildman–Crippen MR) is 108 cm³/mol. The number of alkyl halides is 3. The first-order chi connectivity index (χ1) is 14.8. The summed E-state index contributed by atoms with van der Waals surface area (Å²) in [6.07, 6.45) is -1.31. The summed E-state index contributed by atoms with van der Waals surface area (Å²) in [5.74, 6) is -0.983. The fraction of sp³-hybridized carbons (Fsp3) is 0.136. The molecule has 3 aromatic rings. The molecule has 0 aliphatic carbocycles. The van der Waals surface area contributed by atoms with Gasteiger partial charge in [0.05, 0.1) is 5.56 Å². The molecule has 1 heterocycles. The zero-order chi connectivity index (χ0) is 22.3. The summed E-state index contributed by atoms with van der Waals surface area (Å²) in [5, 5.41) is 5.45. The highest BCUT2D eigenvalue weighted by atomic mass is 19.4. The maximum absolute atomic E-state index is 12.4. The Balaban J connectivity index is 1.52. The Hall–Kier alpha value is -3.88. The maximum Gasteiger partial charge on any atom is 0.573 e. The average molecular weight is 429 g/mol. The van der Waals surface area contributed by atoms with Gasteiger partial charge in [-0.25, -0.2) is 0 Å². The molecule has 2 aromatic carbocycles. The monoisotopic (exact) mass is 429 g/mol. The first kappa shape index (κ1) is 21.8. The number of carbonyl (C=O) groups is 2. The number of aromatic nitrogens is 1. The van der Waals surface area contributed by atoms with Crippen molar-refractivity contribution >= 4 is 17.5 Å². The van der Waals surface area contributed by atoms with Crippen molar-refractivity contribution in [1.82, 2.24) is 10.3 Å². The van der Waals surface area contributed by atoms with Gasteiger partial charge in [-0.2, -0.15) is 0 Å². The zero-order valence-electron chi connectivity index (χ0n) is 16.1. The fourth-order valence-corrected chi connectivity index (χ4v) is 2.72. The van der Waals surface area contributed by atoms with E-state index in [0.717, 1.165) is 5.56 Å². The Morgan fingerprint density at radius 2 is 1.68 bits per heavy atom. The molecule has 9 heteroatoms. The van der Waals surface area contributed by atoms with Crippen LogP contribution < -0.4 is 15.4 Å². The molecule has 0 bridgehead atoms. The summed E-state index contributed by atoms with van der Waals surface area (Å²) >= 11 is 0. The van der Waals surface area contributed by atoms with Crippen LogP contribution in [0.15, 0.2) is 73.1 Å². The normalized spacial score (nSPS) is 10.9. The minimum absolute atomic E-state index is 0.282. The number of halogens is 3. The number of pyridine rings is 1. The van der Waals surface area contributed by atoms with Crippen molar-refractivity contribution < 1.29 is 27.5 Å². The van der Waals surface area contributed by atoms with Gasteiger partial charge in [-0.15, -0.1) is 13.2 Å². The van der Waals surface area contributed by atoms with Crippen molar-refractivity contribution in [3.05, 3.63) is 89.7 Å². The number of hydrogen-bond acceptors (Lipinski definition) is 4. The number of anilines is 1. The molecule has 0 aliphatic rings. The average Bonchev–Trinajstić information content (AvgIpc) is 2.74. The van der Waals surface area contributed by atoms with Gasteiger partial charge in [-0.3, -0.25) is 14.6 Å². The molecular formula is C22H18F3N3O3. The van der Waals surface area contributed by atoms with Crippen molar-refractivity contribution in [3.63, 3.8) is 0 Å². The number of benzene rings is 2. The standard InChI is InChI=1S/C22H18F3N3O3/c23-22(24,25)31-19-8-6-15(7-9-19)10-12-27-20(29)16-3-1-5-18(13-16)28-21(30)17-4-2-11-26-14-17/h1-9,11,13-14H,10,12H2,(H,27,29)(H,28,30). The Kier molecular flexibility index (Phi) is 6.86. The van der Waals surface area contributed by atoms with E-state index in [4.69, 9.17) is 0 Å². The lowest BCUT2D eigenvalue weighted by atomic mass is 10.1. The third kappa shape index (κ3) is 6.84. The molecule has 1 aromatic heterocycles. The predicted octanol–water partition coefficient (Wildman–Crippen LogP) is 4.21. The van der Waals surface area contributed by atoms with Gasteiger partial charge < -0.3 is 15.4 Å². The van der Waals surface area contributed by atoms with Crippen LogP contribution in [0.3, 0.4) is 0 Å². The Labute approximate surface area is 176 Å². The molecule has 160 valence electrons. The van der Waals surface area contributed by atoms with Crippen LogP contribution in [0.2, 0.25) is 0 Å². The molecule has 0 fully saturated rings. The first-order valence-electron chi connectivity index (χ1n) is 9.24.